The molecule has 0 saturated heterocycles. The van der Waals surface area contributed by atoms with Crippen LogP contribution >= 0.6 is 11.3 Å². The minimum absolute atomic E-state index is 0.714. The monoisotopic (exact) mass is 666 g/mol. The summed E-state index contributed by atoms with van der Waals surface area (Å²) in [6.45, 7) is 0. The van der Waals surface area contributed by atoms with Crippen LogP contribution in [0.25, 0.3) is 97.9 Å². The number of rotatable bonds is 5. The summed E-state index contributed by atoms with van der Waals surface area (Å²) in [5, 5.41) is 7.27. The first-order valence-electron chi connectivity index (χ1n) is 17.2. The fourth-order valence-electron chi connectivity index (χ4n) is 7.37. The van der Waals surface area contributed by atoms with E-state index >= 15 is 0 Å². The molecule has 0 amide bonds. The number of hydrogen-bond donors (Lipinski definition) is 0. The molecule has 0 aliphatic heterocycles. The molecule has 10 aromatic rings. The van der Waals surface area contributed by atoms with Crippen LogP contribution in [-0.2, 0) is 0 Å². The van der Waals surface area contributed by atoms with Crippen molar-refractivity contribution in [1.29, 1.82) is 0 Å². The molecule has 0 saturated carbocycles. The van der Waals surface area contributed by atoms with Crippen LogP contribution in [0.1, 0.15) is 0 Å². The molecule has 2 aromatic heterocycles. The third-order valence-corrected chi connectivity index (χ3v) is 11.0. The SMILES string of the molecule is c1ccc(-c2cc(-c3ccc4c(c3)sc3ccccc34)cc(-c3cc(-c4cccc5ccccc45)nc(-c4cccc5ccccc45)n3)c2)cc1. The van der Waals surface area contributed by atoms with E-state index in [1.807, 2.05) is 11.3 Å². The van der Waals surface area contributed by atoms with Crippen molar-refractivity contribution in [3.63, 3.8) is 0 Å². The smallest absolute Gasteiger partial charge is 0.161 e. The first kappa shape index (κ1) is 29.5. The predicted molar refractivity (Wildman–Crippen MR) is 217 cm³/mol. The molecule has 8 aromatic carbocycles. The number of thiophene rings is 1. The largest absolute Gasteiger partial charge is 0.228 e. The van der Waals surface area contributed by atoms with Gasteiger partial charge in [0.25, 0.3) is 0 Å². The van der Waals surface area contributed by atoms with Crippen molar-refractivity contribution in [3.8, 4) is 56.2 Å². The number of nitrogens with zero attached hydrogens (tertiary/aromatic N) is 2. The van der Waals surface area contributed by atoms with Gasteiger partial charge in [-0.25, -0.2) is 9.97 Å². The summed E-state index contributed by atoms with van der Waals surface area (Å²) < 4.78 is 2.60. The van der Waals surface area contributed by atoms with E-state index < -0.39 is 0 Å². The minimum Gasteiger partial charge on any atom is -0.228 e. The highest BCUT2D eigenvalue weighted by atomic mass is 32.1. The summed E-state index contributed by atoms with van der Waals surface area (Å²) in [6.07, 6.45) is 0. The maximum Gasteiger partial charge on any atom is 0.161 e. The molecule has 0 atom stereocenters. The molecule has 2 nitrogen and oxygen atoms in total. The molecule has 238 valence electrons. The summed E-state index contributed by atoms with van der Waals surface area (Å²) in [7, 11) is 0. The molecule has 0 fully saturated rings. The molecule has 0 bridgehead atoms. The standard InChI is InChI=1S/C48H30N2S/c1-2-12-31(13-3-1)35-26-36(34-24-25-42-41-20-8-9-23-46(41)51-47(42)29-34)28-37(27-35)44-30-45(40-21-10-16-32-14-4-6-18-38(32)40)50-48(49-44)43-22-11-17-33-15-5-7-19-39(33)43/h1-30H. The Hall–Kier alpha value is -6.42. The van der Waals surface area contributed by atoms with E-state index in [-0.39, 0.29) is 0 Å². The van der Waals surface area contributed by atoms with Crippen LogP contribution < -0.4 is 0 Å². The van der Waals surface area contributed by atoms with Crippen LogP contribution in [0.3, 0.4) is 0 Å². The Kier molecular flexibility index (Phi) is 7.04. The lowest BCUT2D eigenvalue weighted by Gasteiger charge is -2.15. The molecule has 2 heterocycles. The van der Waals surface area contributed by atoms with Gasteiger partial charge in [-0.2, -0.15) is 0 Å². The number of fused-ring (bicyclic) bond motifs is 5. The second kappa shape index (κ2) is 12.2. The van der Waals surface area contributed by atoms with E-state index in [1.54, 1.807) is 0 Å². The van der Waals surface area contributed by atoms with E-state index in [9.17, 15) is 0 Å². The first-order valence-corrected chi connectivity index (χ1v) is 18.0. The minimum atomic E-state index is 0.714. The predicted octanol–water partition coefficient (Wildman–Crippen LogP) is 13.5. The quantitative estimate of drug-likeness (QED) is 0.183. The van der Waals surface area contributed by atoms with Crippen LogP contribution in [0.15, 0.2) is 182 Å². The van der Waals surface area contributed by atoms with Gasteiger partial charge in [0, 0.05) is 36.9 Å². The summed E-state index contributed by atoms with van der Waals surface area (Å²) in [5.41, 5.74) is 9.61. The number of aromatic nitrogens is 2. The zero-order valence-corrected chi connectivity index (χ0v) is 28.4. The van der Waals surface area contributed by atoms with E-state index in [1.165, 1.54) is 47.5 Å². The maximum atomic E-state index is 5.37. The average molecular weight is 667 g/mol. The van der Waals surface area contributed by atoms with Crippen molar-refractivity contribution in [3.05, 3.63) is 182 Å². The first-order chi connectivity index (χ1) is 25.2. The van der Waals surface area contributed by atoms with Gasteiger partial charge < -0.3 is 0 Å². The van der Waals surface area contributed by atoms with Crippen LogP contribution in [0.4, 0.5) is 0 Å². The molecule has 10 rings (SSSR count). The highest BCUT2D eigenvalue weighted by molar-refractivity contribution is 7.25. The highest BCUT2D eigenvalue weighted by Gasteiger charge is 2.16. The fourth-order valence-corrected chi connectivity index (χ4v) is 8.51. The third kappa shape index (κ3) is 5.27. The fraction of sp³-hybridized carbons (Fsp3) is 0. The Morgan fingerprint density at radius 1 is 0.314 bits per heavy atom. The zero-order valence-electron chi connectivity index (χ0n) is 27.6. The molecule has 3 heteroatoms. The van der Waals surface area contributed by atoms with Gasteiger partial charge >= 0.3 is 0 Å². The van der Waals surface area contributed by atoms with Gasteiger partial charge in [0.1, 0.15) is 0 Å². The summed E-state index contributed by atoms with van der Waals surface area (Å²) in [6, 6.07) is 65.1. The molecule has 51 heavy (non-hydrogen) atoms. The maximum absolute atomic E-state index is 5.37. The highest BCUT2D eigenvalue weighted by Crippen LogP contribution is 2.40. The van der Waals surface area contributed by atoms with Gasteiger partial charge in [-0.3, -0.25) is 0 Å². The van der Waals surface area contributed by atoms with E-state index in [4.69, 9.17) is 9.97 Å². The van der Waals surface area contributed by atoms with Crippen molar-refractivity contribution in [1.82, 2.24) is 9.97 Å². The van der Waals surface area contributed by atoms with Gasteiger partial charge in [0.2, 0.25) is 0 Å². The van der Waals surface area contributed by atoms with Crippen molar-refractivity contribution in [2.24, 2.45) is 0 Å². The van der Waals surface area contributed by atoms with Gasteiger partial charge in [0.15, 0.2) is 5.82 Å². The van der Waals surface area contributed by atoms with E-state index in [2.05, 4.69) is 182 Å². The molecular formula is C48H30N2S. The lowest BCUT2D eigenvalue weighted by molar-refractivity contribution is 1.19. The Morgan fingerprint density at radius 3 is 1.67 bits per heavy atom. The van der Waals surface area contributed by atoms with Gasteiger partial charge in [-0.05, 0) is 80.2 Å². The average Bonchev–Trinajstić information content (AvgIpc) is 3.58. The molecule has 0 aliphatic carbocycles. The van der Waals surface area contributed by atoms with E-state index in [0.717, 1.165) is 44.6 Å². The Bertz CT molecular complexity index is 2810. The Morgan fingerprint density at radius 2 is 0.882 bits per heavy atom. The molecule has 0 radical (unpaired) electrons. The van der Waals surface area contributed by atoms with E-state index in [0.29, 0.717) is 5.82 Å². The lowest BCUT2D eigenvalue weighted by atomic mass is 9.93. The van der Waals surface area contributed by atoms with Crippen LogP contribution in [-0.4, -0.2) is 9.97 Å². The normalized spacial score (nSPS) is 11.5. The summed E-state index contributed by atoms with van der Waals surface area (Å²) in [4.78, 5) is 10.7. The molecule has 0 aliphatic rings. The topological polar surface area (TPSA) is 25.8 Å². The summed E-state index contributed by atoms with van der Waals surface area (Å²) in [5.74, 6) is 0.714. The van der Waals surface area contributed by atoms with Crippen molar-refractivity contribution < 1.29 is 0 Å². The van der Waals surface area contributed by atoms with Crippen molar-refractivity contribution in [2.75, 3.05) is 0 Å². The van der Waals surface area contributed by atoms with Gasteiger partial charge in [0.05, 0.1) is 11.4 Å². The Balaban J connectivity index is 1.23. The van der Waals surface area contributed by atoms with Gasteiger partial charge in [-0.15, -0.1) is 11.3 Å². The molecular weight excluding hydrogens is 637 g/mol. The second-order valence-electron chi connectivity index (χ2n) is 13.0. The number of hydrogen-bond acceptors (Lipinski definition) is 3. The van der Waals surface area contributed by atoms with Crippen LogP contribution in [0, 0.1) is 0 Å². The zero-order chi connectivity index (χ0) is 33.7. The number of benzene rings is 8. The lowest BCUT2D eigenvalue weighted by Crippen LogP contribution is -1.97. The molecule has 0 spiro atoms. The Labute approximate surface area is 300 Å². The van der Waals surface area contributed by atoms with Crippen LogP contribution in [0.5, 0.6) is 0 Å². The summed E-state index contributed by atoms with van der Waals surface area (Å²) >= 11 is 1.85. The molecule has 0 N–H and O–H groups in total. The second-order valence-corrected chi connectivity index (χ2v) is 14.1. The van der Waals surface area contributed by atoms with Crippen LogP contribution in [0.2, 0.25) is 0 Å². The van der Waals surface area contributed by atoms with Crippen molar-refractivity contribution >= 4 is 53.1 Å². The van der Waals surface area contributed by atoms with Gasteiger partial charge in [-0.1, -0.05) is 146 Å². The molecule has 0 unspecified atom stereocenters. The third-order valence-electron chi connectivity index (χ3n) is 9.87. The van der Waals surface area contributed by atoms with Crippen molar-refractivity contribution in [2.45, 2.75) is 0 Å².